The van der Waals surface area contributed by atoms with E-state index in [1.807, 2.05) is 0 Å². The summed E-state index contributed by atoms with van der Waals surface area (Å²) < 4.78 is 38.0. The van der Waals surface area contributed by atoms with E-state index in [1.54, 1.807) is 18.2 Å². The summed E-state index contributed by atoms with van der Waals surface area (Å²) in [6, 6.07) is 9.75. The Morgan fingerprint density at radius 2 is 1.80 bits per heavy atom. The van der Waals surface area contributed by atoms with Crippen LogP contribution in [0.5, 0.6) is 5.75 Å². The Bertz CT molecular complexity index is 653. The van der Waals surface area contributed by atoms with Crippen LogP contribution in [0.15, 0.2) is 47.5 Å². The zero-order chi connectivity index (χ0) is 14.8. The van der Waals surface area contributed by atoms with Crippen LogP contribution in [0.25, 0.3) is 0 Å². The summed E-state index contributed by atoms with van der Waals surface area (Å²) in [5, 5.41) is 9.15. The Morgan fingerprint density at radius 3 is 2.45 bits per heavy atom. The van der Waals surface area contributed by atoms with Crippen LogP contribution in [0.4, 0.5) is 18.9 Å². The second kappa shape index (κ2) is 5.54. The normalized spacial score (nSPS) is 12.0. The molecule has 0 saturated heterocycles. The van der Waals surface area contributed by atoms with Crippen LogP contribution in [-0.4, -0.2) is 11.3 Å². The van der Waals surface area contributed by atoms with Gasteiger partial charge in [-0.2, -0.15) is 13.2 Å². The predicted octanol–water partition coefficient (Wildman–Crippen LogP) is 4.82. The summed E-state index contributed by atoms with van der Waals surface area (Å²) in [5.74, 6) is 0.00117. The molecule has 0 aliphatic heterocycles. The molecule has 0 heterocycles. The van der Waals surface area contributed by atoms with Gasteiger partial charge < -0.3 is 5.11 Å². The highest BCUT2D eigenvalue weighted by Gasteiger charge is 2.33. The van der Waals surface area contributed by atoms with Crippen LogP contribution in [0, 0.1) is 0 Å². The molecule has 0 fully saturated rings. The molecule has 2 rings (SSSR count). The largest absolute Gasteiger partial charge is 0.507 e. The van der Waals surface area contributed by atoms with Crippen molar-refractivity contribution in [1.82, 2.24) is 0 Å². The van der Waals surface area contributed by atoms with Crippen molar-refractivity contribution in [3.05, 3.63) is 58.6 Å². The van der Waals surface area contributed by atoms with Crippen LogP contribution in [0.1, 0.15) is 11.1 Å². The molecule has 0 amide bonds. The molecule has 1 N–H and O–H groups in total. The van der Waals surface area contributed by atoms with Gasteiger partial charge in [-0.05, 0) is 30.3 Å². The minimum absolute atomic E-state index is 0.00117. The average Bonchev–Trinajstić information content (AvgIpc) is 2.38. The number of alkyl halides is 3. The van der Waals surface area contributed by atoms with Gasteiger partial charge in [0.1, 0.15) is 5.75 Å². The lowest BCUT2D eigenvalue weighted by atomic mass is 10.2. The van der Waals surface area contributed by atoms with Gasteiger partial charge in [-0.3, -0.25) is 4.99 Å². The van der Waals surface area contributed by atoms with E-state index in [4.69, 9.17) is 11.6 Å². The fraction of sp³-hybridized carbons (Fsp3) is 0.0714. The van der Waals surface area contributed by atoms with Crippen molar-refractivity contribution >= 4 is 23.5 Å². The SMILES string of the molecule is Oc1ccccc1C=Nc1ccc(Cl)c(C(F)(F)F)c1. The van der Waals surface area contributed by atoms with Crippen LogP contribution < -0.4 is 0 Å². The monoisotopic (exact) mass is 299 g/mol. The lowest BCUT2D eigenvalue weighted by Crippen LogP contribution is -2.05. The first-order chi connectivity index (χ1) is 9.38. The minimum atomic E-state index is -4.53. The molecule has 6 heteroatoms. The maximum absolute atomic E-state index is 12.7. The zero-order valence-electron chi connectivity index (χ0n) is 10.0. The van der Waals surface area contributed by atoms with Gasteiger partial charge in [-0.1, -0.05) is 23.7 Å². The lowest BCUT2D eigenvalue weighted by Gasteiger charge is -2.09. The summed E-state index contributed by atoms with van der Waals surface area (Å²) in [6.45, 7) is 0. The molecule has 104 valence electrons. The van der Waals surface area contributed by atoms with Crippen LogP contribution >= 0.6 is 11.6 Å². The van der Waals surface area contributed by atoms with Crippen LogP contribution in [0.2, 0.25) is 5.02 Å². The maximum Gasteiger partial charge on any atom is 0.417 e. The number of hydrogen-bond acceptors (Lipinski definition) is 2. The molecular weight excluding hydrogens is 291 g/mol. The quantitative estimate of drug-likeness (QED) is 0.793. The van der Waals surface area contributed by atoms with Crippen LogP contribution in [-0.2, 0) is 6.18 Å². The predicted molar refractivity (Wildman–Crippen MR) is 71.8 cm³/mol. The lowest BCUT2D eigenvalue weighted by molar-refractivity contribution is -0.137. The molecule has 2 nitrogen and oxygen atoms in total. The highest BCUT2D eigenvalue weighted by molar-refractivity contribution is 6.31. The third-order valence-corrected chi connectivity index (χ3v) is 2.87. The number of phenols is 1. The number of benzene rings is 2. The molecule has 0 radical (unpaired) electrons. The molecule has 2 aromatic rings. The first-order valence-electron chi connectivity index (χ1n) is 5.57. The summed E-state index contributed by atoms with van der Waals surface area (Å²) >= 11 is 5.51. The third-order valence-electron chi connectivity index (χ3n) is 2.54. The van der Waals surface area contributed by atoms with Gasteiger partial charge in [0.2, 0.25) is 0 Å². The van der Waals surface area contributed by atoms with E-state index in [2.05, 4.69) is 4.99 Å². The molecule has 0 unspecified atom stereocenters. The molecule has 2 aromatic carbocycles. The van der Waals surface area contributed by atoms with Crippen molar-refractivity contribution in [2.75, 3.05) is 0 Å². The van der Waals surface area contributed by atoms with Crippen molar-refractivity contribution < 1.29 is 18.3 Å². The van der Waals surface area contributed by atoms with Gasteiger partial charge in [-0.25, -0.2) is 0 Å². The molecule has 0 bridgehead atoms. The highest BCUT2D eigenvalue weighted by Crippen LogP contribution is 2.36. The molecule has 0 atom stereocenters. The smallest absolute Gasteiger partial charge is 0.417 e. The van der Waals surface area contributed by atoms with E-state index in [1.165, 1.54) is 18.3 Å². The Balaban J connectivity index is 2.34. The van der Waals surface area contributed by atoms with Gasteiger partial charge in [0.25, 0.3) is 0 Å². The van der Waals surface area contributed by atoms with Crippen molar-refractivity contribution in [1.29, 1.82) is 0 Å². The number of halogens is 4. The van der Waals surface area contributed by atoms with E-state index >= 15 is 0 Å². The van der Waals surface area contributed by atoms with E-state index < -0.39 is 11.7 Å². The molecular formula is C14H9ClF3NO. The molecule has 20 heavy (non-hydrogen) atoms. The molecule has 0 saturated carbocycles. The number of aromatic hydroxyl groups is 1. The van der Waals surface area contributed by atoms with Gasteiger partial charge in [-0.15, -0.1) is 0 Å². The second-order valence-corrected chi connectivity index (χ2v) is 4.39. The topological polar surface area (TPSA) is 32.6 Å². The zero-order valence-corrected chi connectivity index (χ0v) is 10.8. The van der Waals surface area contributed by atoms with E-state index in [0.29, 0.717) is 5.56 Å². The number of nitrogens with zero attached hydrogens (tertiary/aromatic N) is 1. The van der Waals surface area contributed by atoms with Gasteiger partial charge in [0, 0.05) is 11.8 Å². The van der Waals surface area contributed by atoms with E-state index in [9.17, 15) is 18.3 Å². The summed E-state index contributed by atoms with van der Waals surface area (Å²) in [5.41, 5.74) is -0.424. The van der Waals surface area contributed by atoms with Crippen molar-refractivity contribution in [3.8, 4) is 5.75 Å². The Labute approximate surface area is 118 Å². The Morgan fingerprint density at radius 1 is 1.10 bits per heavy atom. The van der Waals surface area contributed by atoms with Crippen molar-refractivity contribution in [3.63, 3.8) is 0 Å². The Hall–Kier alpha value is -2.01. The molecule has 0 aliphatic carbocycles. The molecule has 0 aromatic heterocycles. The number of aliphatic imine (C=N–C) groups is 1. The maximum atomic E-state index is 12.7. The van der Waals surface area contributed by atoms with Crippen LogP contribution in [0.3, 0.4) is 0 Å². The average molecular weight is 300 g/mol. The third kappa shape index (κ3) is 3.30. The van der Waals surface area contributed by atoms with Crippen molar-refractivity contribution in [2.24, 2.45) is 4.99 Å². The number of phenolic OH excluding ortho intramolecular Hbond substituents is 1. The second-order valence-electron chi connectivity index (χ2n) is 3.98. The van der Waals surface area contributed by atoms with Gasteiger partial charge in [0.05, 0.1) is 16.3 Å². The fourth-order valence-corrected chi connectivity index (χ4v) is 1.78. The fourth-order valence-electron chi connectivity index (χ4n) is 1.55. The number of hydrogen-bond donors (Lipinski definition) is 1. The summed E-state index contributed by atoms with van der Waals surface area (Å²) in [7, 11) is 0. The summed E-state index contributed by atoms with van der Waals surface area (Å²) in [6.07, 6.45) is -3.24. The standard InChI is InChI=1S/C14H9ClF3NO/c15-12-6-5-10(7-11(12)14(16,17)18)19-8-9-3-1-2-4-13(9)20/h1-8,20H. The Kier molecular flexibility index (Phi) is 3.99. The first-order valence-corrected chi connectivity index (χ1v) is 5.94. The number of para-hydroxylation sites is 1. The van der Waals surface area contributed by atoms with Crippen molar-refractivity contribution in [2.45, 2.75) is 6.18 Å². The summed E-state index contributed by atoms with van der Waals surface area (Å²) in [4.78, 5) is 3.91. The van der Waals surface area contributed by atoms with E-state index in [0.717, 1.165) is 12.1 Å². The highest BCUT2D eigenvalue weighted by atomic mass is 35.5. The van der Waals surface area contributed by atoms with E-state index in [-0.39, 0.29) is 16.5 Å². The minimum Gasteiger partial charge on any atom is -0.507 e. The number of rotatable bonds is 2. The molecule has 0 aliphatic rings. The van der Waals surface area contributed by atoms with Gasteiger partial charge >= 0.3 is 6.18 Å². The molecule has 0 spiro atoms. The first kappa shape index (κ1) is 14.4. The van der Waals surface area contributed by atoms with Gasteiger partial charge in [0.15, 0.2) is 0 Å².